The van der Waals surface area contributed by atoms with Crippen molar-refractivity contribution in [1.29, 1.82) is 0 Å². The Hall–Kier alpha value is -2.06. The number of aryl methyl sites for hydroxylation is 2. The van der Waals surface area contributed by atoms with Crippen LogP contribution in [0.15, 0.2) is 23.1 Å². The average molecular weight is 358 g/mol. The Kier molecular flexibility index (Phi) is 4.63. The summed E-state index contributed by atoms with van der Waals surface area (Å²) in [6, 6.07) is 1.96. The lowest BCUT2D eigenvalue weighted by Crippen LogP contribution is -2.33. The molecule has 0 amide bonds. The average Bonchev–Trinajstić information content (AvgIpc) is 3.35. The van der Waals surface area contributed by atoms with E-state index in [0.717, 1.165) is 61.0 Å². The lowest BCUT2D eigenvalue weighted by molar-refractivity contribution is 0.199. The number of nitrogens with zero attached hydrogens (tertiary/aromatic N) is 6. The van der Waals surface area contributed by atoms with Crippen LogP contribution in [-0.4, -0.2) is 42.3 Å². The topological polar surface area (TPSA) is 72.9 Å². The van der Waals surface area contributed by atoms with E-state index in [1.165, 1.54) is 17.2 Å². The van der Waals surface area contributed by atoms with Gasteiger partial charge in [0.1, 0.15) is 4.88 Å². The molecule has 0 atom stereocenters. The molecule has 0 aromatic carbocycles. The van der Waals surface area contributed by atoms with Crippen LogP contribution in [0.5, 0.6) is 0 Å². The highest BCUT2D eigenvalue weighted by atomic mass is 32.1. The predicted octanol–water partition coefficient (Wildman–Crippen LogP) is 3.10. The highest BCUT2D eigenvalue weighted by Crippen LogP contribution is 2.36. The first kappa shape index (κ1) is 16.4. The third-order valence-corrected chi connectivity index (χ3v) is 5.62. The predicted molar refractivity (Wildman–Crippen MR) is 95.3 cm³/mol. The molecule has 7 nitrogen and oxygen atoms in total. The molecule has 1 saturated heterocycles. The maximum absolute atomic E-state index is 5.42. The van der Waals surface area contributed by atoms with Gasteiger partial charge >= 0.3 is 0 Å². The first-order chi connectivity index (χ1) is 12.2. The van der Waals surface area contributed by atoms with Gasteiger partial charge in [-0.05, 0) is 51.3 Å². The summed E-state index contributed by atoms with van der Waals surface area (Å²) in [5.41, 5.74) is 3.24. The van der Waals surface area contributed by atoms with Crippen molar-refractivity contribution in [3.8, 4) is 10.6 Å². The van der Waals surface area contributed by atoms with Gasteiger partial charge in [0.25, 0.3) is 0 Å². The number of hydrogen-bond acceptors (Lipinski definition) is 7. The zero-order chi connectivity index (χ0) is 17.2. The molecule has 0 bridgehead atoms. The van der Waals surface area contributed by atoms with Gasteiger partial charge in [-0.25, -0.2) is 4.98 Å². The van der Waals surface area contributed by atoms with Gasteiger partial charge in [0, 0.05) is 31.3 Å². The van der Waals surface area contributed by atoms with Crippen LogP contribution in [0.25, 0.3) is 10.6 Å². The molecule has 132 valence electrons. The Balaban J connectivity index is 1.42. The molecule has 8 heteroatoms. The number of likely N-dealkylation sites (tertiary alicyclic amines) is 1. The van der Waals surface area contributed by atoms with Gasteiger partial charge in [-0.2, -0.15) is 0 Å². The van der Waals surface area contributed by atoms with Crippen molar-refractivity contribution >= 4 is 11.5 Å². The van der Waals surface area contributed by atoms with Gasteiger partial charge in [-0.3, -0.25) is 4.90 Å². The van der Waals surface area contributed by atoms with Crippen LogP contribution in [0, 0.1) is 6.92 Å². The van der Waals surface area contributed by atoms with Crippen LogP contribution in [-0.2, 0) is 13.1 Å². The van der Waals surface area contributed by atoms with Crippen LogP contribution in [0.3, 0.4) is 0 Å². The Labute approximate surface area is 150 Å². The lowest BCUT2D eigenvalue weighted by Gasteiger charge is -2.31. The monoisotopic (exact) mass is 358 g/mol. The lowest BCUT2D eigenvalue weighted by atomic mass is 9.92. The molecule has 0 spiro atoms. The molecule has 1 fully saturated rings. The molecular formula is C17H22N6OS. The fraction of sp³-hybridized carbons (Fsp3) is 0.529. The van der Waals surface area contributed by atoms with E-state index in [4.69, 9.17) is 4.52 Å². The molecule has 4 rings (SSSR count). The molecule has 1 aliphatic rings. The van der Waals surface area contributed by atoms with E-state index >= 15 is 0 Å². The number of piperidine rings is 1. The highest BCUT2D eigenvalue weighted by Gasteiger charge is 2.27. The molecule has 0 N–H and O–H groups in total. The molecule has 0 aliphatic carbocycles. The fourth-order valence-corrected chi connectivity index (χ4v) is 4.16. The molecular weight excluding hydrogens is 336 g/mol. The smallest absolute Gasteiger partial charge is 0.180 e. The molecule has 0 radical (unpaired) electrons. The first-order valence-corrected chi connectivity index (χ1v) is 9.49. The van der Waals surface area contributed by atoms with E-state index in [1.54, 1.807) is 0 Å². The van der Waals surface area contributed by atoms with Crippen molar-refractivity contribution in [3.05, 3.63) is 35.7 Å². The summed E-state index contributed by atoms with van der Waals surface area (Å²) >= 11 is 1.40. The van der Waals surface area contributed by atoms with Gasteiger partial charge in [0.05, 0.1) is 23.4 Å². The fourth-order valence-electron chi connectivity index (χ4n) is 3.46. The standard InChI is InChI=1S/C17H22N6OS/c1-3-23-11-18-9-14(23)10-22-6-4-13(5-7-22)16-17(25-21-19-16)15-8-12(2)20-24-15/h8-9,11,13H,3-7,10H2,1-2H3. The second kappa shape index (κ2) is 7.05. The minimum atomic E-state index is 0.437. The van der Waals surface area contributed by atoms with E-state index in [9.17, 15) is 0 Å². The molecule has 1 aliphatic heterocycles. The molecule has 0 unspecified atom stereocenters. The van der Waals surface area contributed by atoms with Crippen molar-refractivity contribution in [1.82, 2.24) is 29.2 Å². The summed E-state index contributed by atoms with van der Waals surface area (Å²) in [7, 11) is 0. The maximum Gasteiger partial charge on any atom is 0.180 e. The van der Waals surface area contributed by atoms with Crippen LogP contribution in [0.2, 0.25) is 0 Å². The summed E-state index contributed by atoms with van der Waals surface area (Å²) in [6.45, 7) is 8.14. The van der Waals surface area contributed by atoms with Crippen molar-refractivity contribution in [2.45, 2.75) is 45.7 Å². The second-order valence-corrected chi connectivity index (χ2v) is 7.30. The number of imidazole rings is 1. The van der Waals surface area contributed by atoms with Crippen LogP contribution >= 0.6 is 11.5 Å². The van der Waals surface area contributed by atoms with Crippen molar-refractivity contribution in [2.24, 2.45) is 0 Å². The van der Waals surface area contributed by atoms with E-state index < -0.39 is 0 Å². The van der Waals surface area contributed by atoms with Gasteiger partial charge in [0.15, 0.2) is 5.76 Å². The second-order valence-electron chi connectivity index (χ2n) is 6.54. The quantitative estimate of drug-likeness (QED) is 0.698. The Morgan fingerprint density at radius 1 is 1.32 bits per heavy atom. The molecule has 3 aromatic rings. The Bertz CT molecular complexity index is 830. The summed E-state index contributed by atoms with van der Waals surface area (Å²) in [5, 5.41) is 8.39. The maximum atomic E-state index is 5.42. The van der Waals surface area contributed by atoms with E-state index in [2.05, 4.69) is 36.1 Å². The molecule has 3 aromatic heterocycles. The van der Waals surface area contributed by atoms with Gasteiger partial charge in [0.2, 0.25) is 0 Å². The van der Waals surface area contributed by atoms with Crippen molar-refractivity contribution in [3.63, 3.8) is 0 Å². The minimum absolute atomic E-state index is 0.437. The zero-order valence-electron chi connectivity index (χ0n) is 14.6. The highest BCUT2D eigenvalue weighted by molar-refractivity contribution is 7.09. The minimum Gasteiger partial charge on any atom is -0.355 e. The largest absolute Gasteiger partial charge is 0.355 e. The van der Waals surface area contributed by atoms with Gasteiger partial charge in [-0.15, -0.1) is 5.10 Å². The summed E-state index contributed by atoms with van der Waals surface area (Å²) in [6.07, 6.45) is 6.07. The van der Waals surface area contributed by atoms with E-state index in [-0.39, 0.29) is 0 Å². The third-order valence-electron chi connectivity index (χ3n) is 4.86. The van der Waals surface area contributed by atoms with Crippen LogP contribution in [0.4, 0.5) is 0 Å². The third kappa shape index (κ3) is 3.36. The summed E-state index contributed by atoms with van der Waals surface area (Å²) < 4.78 is 11.8. The normalized spacial score (nSPS) is 16.6. The van der Waals surface area contributed by atoms with Crippen molar-refractivity contribution < 1.29 is 4.52 Å². The first-order valence-electron chi connectivity index (χ1n) is 8.72. The molecule has 25 heavy (non-hydrogen) atoms. The van der Waals surface area contributed by atoms with Gasteiger partial charge in [-0.1, -0.05) is 9.64 Å². The van der Waals surface area contributed by atoms with E-state index in [1.807, 2.05) is 25.5 Å². The van der Waals surface area contributed by atoms with Crippen molar-refractivity contribution in [2.75, 3.05) is 13.1 Å². The molecule has 4 heterocycles. The number of aromatic nitrogens is 5. The van der Waals surface area contributed by atoms with E-state index in [0.29, 0.717) is 5.92 Å². The molecule has 0 saturated carbocycles. The van der Waals surface area contributed by atoms with Crippen LogP contribution < -0.4 is 0 Å². The van der Waals surface area contributed by atoms with Crippen LogP contribution in [0.1, 0.15) is 42.8 Å². The van der Waals surface area contributed by atoms with Gasteiger partial charge < -0.3 is 9.09 Å². The Morgan fingerprint density at radius 2 is 2.16 bits per heavy atom. The number of rotatable bonds is 5. The number of hydrogen-bond donors (Lipinski definition) is 0. The summed E-state index contributed by atoms with van der Waals surface area (Å²) in [4.78, 5) is 7.79. The summed E-state index contributed by atoms with van der Waals surface area (Å²) in [5.74, 6) is 1.23. The SMILES string of the molecule is CCn1cncc1CN1CCC(c2nnsc2-c2cc(C)no2)CC1. The Morgan fingerprint density at radius 3 is 2.88 bits per heavy atom. The zero-order valence-corrected chi connectivity index (χ0v) is 15.4.